The van der Waals surface area contributed by atoms with Crippen molar-refractivity contribution >= 4 is 17.7 Å². The number of allylic oxidation sites excluding steroid dienone is 1. The molecule has 8 nitrogen and oxygen atoms in total. The van der Waals surface area contributed by atoms with Crippen molar-refractivity contribution in [3.05, 3.63) is 81.1 Å². The summed E-state index contributed by atoms with van der Waals surface area (Å²) < 4.78 is 25.3. The topological polar surface area (TPSA) is 131 Å². The van der Waals surface area contributed by atoms with Crippen LogP contribution in [0.2, 0.25) is 0 Å². The number of halogens is 1. The quantitative estimate of drug-likeness (QED) is 0.407. The summed E-state index contributed by atoms with van der Waals surface area (Å²) in [5.41, 5.74) is 5.56. The number of H-pyrrole nitrogens is 1. The van der Waals surface area contributed by atoms with Crippen molar-refractivity contribution in [3.8, 4) is 6.07 Å². The summed E-state index contributed by atoms with van der Waals surface area (Å²) >= 11 is 1.08. The average molecular weight is 428 g/mol. The van der Waals surface area contributed by atoms with E-state index in [1.165, 1.54) is 30.5 Å². The number of nitrogens with two attached hydrogens (primary N) is 1. The number of aromatic amines is 1. The van der Waals surface area contributed by atoms with E-state index in [0.717, 1.165) is 11.8 Å². The zero-order chi connectivity index (χ0) is 21.7. The molecule has 1 aliphatic heterocycles. The van der Waals surface area contributed by atoms with Crippen LogP contribution in [0.1, 0.15) is 18.4 Å². The Hall–Kier alpha value is -3.58. The van der Waals surface area contributed by atoms with E-state index in [1.54, 1.807) is 13.0 Å². The molecule has 0 saturated carbocycles. The fourth-order valence-corrected chi connectivity index (χ4v) is 3.73. The number of thioether (sulfide) groups is 1. The van der Waals surface area contributed by atoms with E-state index >= 15 is 0 Å². The summed E-state index contributed by atoms with van der Waals surface area (Å²) in [5, 5.41) is 9.91. The fraction of sp³-hybridized carbons (Fsp3) is 0.200. The molecule has 3 N–H and O–H groups in total. The van der Waals surface area contributed by atoms with Crippen LogP contribution >= 0.6 is 11.8 Å². The lowest BCUT2D eigenvalue weighted by Crippen LogP contribution is -2.27. The maximum absolute atomic E-state index is 14.6. The number of carbonyl (C=O) groups excluding carboxylic acids is 1. The molecule has 0 spiro atoms. The zero-order valence-corrected chi connectivity index (χ0v) is 16.7. The van der Waals surface area contributed by atoms with Crippen molar-refractivity contribution < 1.29 is 18.7 Å². The van der Waals surface area contributed by atoms with E-state index in [-0.39, 0.29) is 51.4 Å². The minimum absolute atomic E-state index is 0.0292. The van der Waals surface area contributed by atoms with Gasteiger partial charge in [-0.05, 0) is 13.0 Å². The van der Waals surface area contributed by atoms with E-state index in [0.29, 0.717) is 0 Å². The molecule has 10 heteroatoms. The molecule has 1 aromatic heterocycles. The highest BCUT2D eigenvalue weighted by Crippen LogP contribution is 2.41. The summed E-state index contributed by atoms with van der Waals surface area (Å²) in [6, 6.07) is 8.96. The van der Waals surface area contributed by atoms with Crippen molar-refractivity contribution in [1.29, 1.82) is 5.26 Å². The molecule has 1 aromatic carbocycles. The molecule has 0 amide bonds. The van der Waals surface area contributed by atoms with Gasteiger partial charge in [-0.2, -0.15) is 5.26 Å². The Morgan fingerprint density at radius 2 is 2.20 bits per heavy atom. The zero-order valence-electron chi connectivity index (χ0n) is 15.8. The fourth-order valence-electron chi connectivity index (χ4n) is 2.94. The molecule has 2 aromatic rings. The molecule has 0 aliphatic carbocycles. The minimum Gasteiger partial charge on any atom is -0.463 e. The predicted molar refractivity (Wildman–Crippen MR) is 106 cm³/mol. The lowest BCUT2D eigenvalue weighted by atomic mass is 9.83. The second-order valence-electron chi connectivity index (χ2n) is 6.03. The van der Waals surface area contributed by atoms with E-state index < -0.39 is 17.7 Å². The molecule has 154 valence electrons. The van der Waals surface area contributed by atoms with Crippen LogP contribution in [0.25, 0.3) is 0 Å². The molecule has 1 atom stereocenters. The van der Waals surface area contributed by atoms with Crippen molar-refractivity contribution in [3.63, 3.8) is 0 Å². The van der Waals surface area contributed by atoms with Gasteiger partial charge >= 0.3 is 5.97 Å². The van der Waals surface area contributed by atoms with Crippen molar-refractivity contribution in [2.75, 3.05) is 12.4 Å². The first-order chi connectivity index (χ1) is 14.5. The van der Waals surface area contributed by atoms with Crippen LogP contribution in [0.5, 0.6) is 0 Å². The largest absolute Gasteiger partial charge is 0.463 e. The van der Waals surface area contributed by atoms with Gasteiger partial charge in [0, 0.05) is 17.8 Å². The van der Waals surface area contributed by atoms with E-state index in [4.69, 9.17) is 15.2 Å². The Kier molecular flexibility index (Phi) is 6.54. The summed E-state index contributed by atoms with van der Waals surface area (Å²) in [5.74, 6) is -2.56. The van der Waals surface area contributed by atoms with Crippen LogP contribution in [-0.2, 0) is 14.3 Å². The van der Waals surface area contributed by atoms with E-state index in [9.17, 15) is 19.2 Å². The Balaban J connectivity index is 2.10. The van der Waals surface area contributed by atoms with E-state index in [2.05, 4.69) is 9.97 Å². The minimum atomic E-state index is -1.10. The van der Waals surface area contributed by atoms with Crippen LogP contribution in [0.15, 0.2) is 69.3 Å². The lowest BCUT2D eigenvalue weighted by Gasteiger charge is -2.28. The molecule has 1 unspecified atom stereocenters. The highest BCUT2D eigenvalue weighted by Gasteiger charge is 2.38. The summed E-state index contributed by atoms with van der Waals surface area (Å²) in [4.78, 5) is 30.8. The third-order valence-electron chi connectivity index (χ3n) is 4.20. The van der Waals surface area contributed by atoms with Gasteiger partial charge in [-0.3, -0.25) is 4.79 Å². The Labute approximate surface area is 175 Å². The number of esters is 1. The molecule has 0 saturated heterocycles. The highest BCUT2D eigenvalue weighted by molar-refractivity contribution is 7.99. The molecule has 3 rings (SSSR count). The molecule has 0 radical (unpaired) electrons. The summed E-state index contributed by atoms with van der Waals surface area (Å²) in [6.07, 6.45) is 1.34. The molecule has 1 aliphatic rings. The molecule has 0 bridgehead atoms. The third kappa shape index (κ3) is 4.36. The lowest BCUT2D eigenvalue weighted by molar-refractivity contribution is -0.139. The van der Waals surface area contributed by atoms with Gasteiger partial charge in [-0.1, -0.05) is 30.0 Å². The second kappa shape index (κ2) is 9.28. The van der Waals surface area contributed by atoms with Gasteiger partial charge in [0.25, 0.3) is 5.56 Å². The molecule has 2 heterocycles. The van der Waals surface area contributed by atoms with Gasteiger partial charge in [-0.25, -0.2) is 14.2 Å². The third-order valence-corrected chi connectivity index (χ3v) is 5.08. The number of carbonyl (C=O) groups is 1. The number of nitrogens with zero attached hydrogens (tertiary/aromatic N) is 2. The van der Waals surface area contributed by atoms with Gasteiger partial charge in [0.2, 0.25) is 5.88 Å². The second-order valence-corrected chi connectivity index (χ2v) is 7.00. The van der Waals surface area contributed by atoms with E-state index in [1.807, 2.05) is 6.07 Å². The van der Waals surface area contributed by atoms with Gasteiger partial charge in [0.05, 0.1) is 23.9 Å². The number of rotatable bonds is 6. The smallest absolute Gasteiger partial charge is 0.338 e. The molecule has 30 heavy (non-hydrogen) atoms. The molecular weight excluding hydrogens is 411 g/mol. The maximum atomic E-state index is 14.6. The number of nitriles is 1. The number of hydrogen-bond donors (Lipinski definition) is 2. The molecular formula is C20H17FN4O4S. The first-order valence-electron chi connectivity index (χ1n) is 8.86. The van der Waals surface area contributed by atoms with Crippen molar-refractivity contribution in [1.82, 2.24) is 9.97 Å². The summed E-state index contributed by atoms with van der Waals surface area (Å²) in [7, 11) is 0. The SMILES string of the molecule is CCOC(=O)C1=C(CSc2nccc(=O)[nH]2)OC(N)=C(C#N)C1c1ccccc1F. The van der Waals surface area contributed by atoms with Crippen LogP contribution < -0.4 is 11.3 Å². The van der Waals surface area contributed by atoms with Gasteiger partial charge < -0.3 is 20.2 Å². The first kappa shape index (κ1) is 21.1. The van der Waals surface area contributed by atoms with Crippen LogP contribution in [0.3, 0.4) is 0 Å². The number of ether oxygens (including phenoxy) is 2. The standard InChI is InChI=1S/C20H17FN4O4S/c1-2-28-19(27)17-14(10-30-20-24-8-7-15(26)25-20)29-18(23)12(9-22)16(17)11-5-3-4-6-13(11)21/h3-8,16H,2,10,23H2,1H3,(H,24,25,26). The average Bonchev–Trinajstić information content (AvgIpc) is 2.72. The number of nitrogens with one attached hydrogen (secondary N) is 1. The summed E-state index contributed by atoms with van der Waals surface area (Å²) in [6.45, 7) is 1.70. The van der Waals surface area contributed by atoms with Gasteiger partial charge in [0.1, 0.15) is 23.2 Å². The predicted octanol–water partition coefficient (Wildman–Crippen LogP) is 2.33. The van der Waals surface area contributed by atoms with Crippen LogP contribution in [0, 0.1) is 17.1 Å². The normalized spacial score (nSPS) is 16.1. The van der Waals surface area contributed by atoms with Crippen LogP contribution in [-0.4, -0.2) is 28.3 Å². The highest BCUT2D eigenvalue weighted by atomic mass is 32.2. The number of benzene rings is 1. The van der Waals surface area contributed by atoms with Crippen molar-refractivity contribution in [2.24, 2.45) is 5.73 Å². The number of aromatic nitrogens is 2. The maximum Gasteiger partial charge on any atom is 0.338 e. The Morgan fingerprint density at radius 1 is 1.43 bits per heavy atom. The first-order valence-corrected chi connectivity index (χ1v) is 9.85. The number of hydrogen-bond acceptors (Lipinski definition) is 8. The van der Waals surface area contributed by atoms with Gasteiger partial charge in [-0.15, -0.1) is 0 Å². The van der Waals surface area contributed by atoms with Crippen LogP contribution in [0.4, 0.5) is 4.39 Å². The monoisotopic (exact) mass is 428 g/mol. The van der Waals surface area contributed by atoms with Crippen molar-refractivity contribution in [2.45, 2.75) is 18.0 Å². The molecule has 0 fully saturated rings. The Morgan fingerprint density at radius 3 is 2.87 bits per heavy atom. The van der Waals surface area contributed by atoms with Gasteiger partial charge in [0.15, 0.2) is 5.16 Å². The Bertz CT molecular complexity index is 1140.